The number of carbonyl (C=O) groups is 2. The number of hydrogen-bond donors (Lipinski definition) is 3. The summed E-state index contributed by atoms with van der Waals surface area (Å²) in [4.78, 5) is 24.2. The van der Waals surface area contributed by atoms with Gasteiger partial charge in [-0.3, -0.25) is 4.79 Å². The zero-order valence-electron chi connectivity index (χ0n) is 8.93. The van der Waals surface area contributed by atoms with Crippen molar-refractivity contribution in [2.45, 2.75) is 37.5 Å². The fourth-order valence-electron chi connectivity index (χ4n) is 2.39. The van der Waals surface area contributed by atoms with Crippen molar-refractivity contribution < 1.29 is 19.8 Å². The molecule has 2 saturated heterocycles. The first-order valence-corrected chi connectivity index (χ1v) is 5.54. The zero-order valence-corrected chi connectivity index (χ0v) is 8.93. The van der Waals surface area contributed by atoms with E-state index < -0.39 is 18.1 Å². The molecule has 0 aromatic heterocycles. The molecule has 6 nitrogen and oxygen atoms in total. The third-order valence-electron chi connectivity index (χ3n) is 3.21. The van der Waals surface area contributed by atoms with E-state index in [-0.39, 0.29) is 24.9 Å². The maximum absolute atomic E-state index is 12.0. The second-order valence-corrected chi connectivity index (χ2v) is 4.38. The van der Waals surface area contributed by atoms with Gasteiger partial charge >= 0.3 is 5.97 Å². The van der Waals surface area contributed by atoms with E-state index in [9.17, 15) is 14.7 Å². The average Bonchev–Trinajstić information content (AvgIpc) is 2.84. The van der Waals surface area contributed by atoms with Gasteiger partial charge in [-0.1, -0.05) is 0 Å². The molecule has 0 radical (unpaired) electrons. The lowest BCUT2D eigenvalue weighted by Crippen LogP contribution is -2.48. The Hall–Kier alpha value is -1.14. The highest BCUT2D eigenvalue weighted by Crippen LogP contribution is 2.21. The minimum absolute atomic E-state index is 0.133. The highest BCUT2D eigenvalue weighted by molar-refractivity contribution is 5.87. The molecule has 3 unspecified atom stereocenters. The number of hydrogen-bond acceptors (Lipinski definition) is 4. The normalized spacial score (nSPS) is 34.3. The summed E-state index contributed by atoms with van der Waals surface area (Å²) < 4.78 is 0. The van der Waals surface area contributed by atoms with Gasteiger partial charge in [0.15, 0.2) is 0 Å². The molecule has 0 aliphatic carbocycles. The first-order valence-electron chi connectivity index (χ1n) is 5.54. The van der Waals surface area contributed by atoms with Gasteiger partial charge in [-0.05, 0) is 19.4 Å². The van der Waals surface area contributed by atoms with Crippen LogP contribution in [-0.2, 0) is 9.59 Å². The van der Waals surface area contributed by atoms with Gasteiger partial charge < -0.3 is 20.4 Å². The van der Waals surface area contributed by atoms with Crippen LogP contribution < -0.4 is 5.32 Å². The molecule has 1 amide bonds. The fraction of sp³-hybridized carbons (Fsp3) is 0.800. The Kier molecular flexibility index (Phi) is 3.11. The standard InChI is InChI=1S/C10H16N2O4/c13-6-4-8(10(15)16)12(5-6)9(14)7-2-1-3-11-7/h6-8,11,13H,1-5H2,(H,15,16). The number of aliphatic carboxylic acids is 1. The molecule has 0 aromatic carbocycles. The summed E-state index contributed by atoms with van der Waals surface area (Å²) in [6.07, 6.45) is 1.10. The molecule has 0 spiro atoms. The second kappa shape index (κ2) is 4.39. The number of likely N-dealkylation sites (tertiary alicyclic amines) is 1. The fourth-order valence-corrected chi connectivity index (χ4v) is 2.39. The van der Waals surface area contributed by atoms with E-state index in [0.717, 1.165) is 19.4 Å². The van der Waals surface area contributed by atoms with E-state index in [1.54, 1.807) is 0 Å². The van der Waals surface area contributed by atoms with E-state index in [1.807, 2.05) is 0 Å². The molecule has 0 saturated carbocycles. The van der Waals surface area contributed by atoms with E-state index in [4.69, 9.17) is 5.11 Å². The number of aliphatic hydroxyl groups excluding tert-OH is 1. The Labute approximate surface area is 93.2 Å². The number of nitrogens with zero attached hydrogens (tertiary/aromatic N) is 1. The summed E-state index contributed by atoms with van der Waals surface area (Å²) in [5.74, 6) is -1.23. The Morgan fingerprint density at radius 1 is 1.38 bits per heavy atom. The molecule has 3 atom stereocenters. The molecule has 0 bridgehead atoms. The predicted molar refractivity (Wildman–Crippen MR) is 54.8 cm³/mol. The van der Waals surface area contributed by atoms with Crippen molar-refractivity contribution in [1.29, 1.82) is 0 Å². The lowest BCUT2D eigenvalue weighted by Gasteiger charge is -2.24. The molecule has 16 heavy (non-hydrogen) atoms. The molecule has 90 valence electrons. The molecule has 2 heterocycles. The van der Waals surface area contributed by atoms with Crippen LogP contribution in [0.25, 0.3) is 0 Å². The van der Waals surface area contributed by atoms with Crippen LogP contribution in [0.5, 0.6) is 0 Å². The molecule has 2 fully saturated rings. The van der Waals surface area contributed by atoms with Crippen molar-refractivity contribution in [3.63, 3.8) is 0 Å². The van der Waals surface area contributed by atoms with Crippen LogP contribution >= 0.6 is 0 Å². The summed E-state index contributed by atoms with van der Waals surface area (Å²) >= 11 is 0. The molecule has 6 heteroatoms. The smallest absolute Gasteiger partial charge is 0.326 e. The number of rotatable bonds is 2. The molecule has 2 rings (SSSR count). The SMILES string of the molecule is O=C(O)C1CC(O)CN1C(=O)C1CCCN1. The third kappa shape index (κ3) is 2.03. The van der Waals surface area contributed by atoms with Crippen molar-refractivity contribution >= 4 is 11.9 Å². The predicted octanol–water partition coefficient (Wildman–Crippen LogP) is -1.22. The Morgan fingerprint density at radius 2 is 2.12 bits per heavy atom. The Balaban J connectivity index is 2.06. The number of carboxylic acids is 1. The number of amides is 1. The number of carboxylic acid groups (broad SMARTS) is 1. The quantitative estimate of drug-likeness (QED) is 0.551. The Morgan fingerprint density at radius 3 is 2.69 bits per heavy atom. The maximum Gasteiger partial charge on any atom is 0.326 e. The molecule has 0 aromatic rings. The van der Waals surface area contributed by atoms with Crippen molar-refractivity contribution in [1.82, 2.24) is 10.2 Å². The van der Waals surface area contributed by atoms with Gasteiger partial charge in [-0.15, -0.1) is 0 Å². The summed E-state index contributed by atoms with van der Waals surface area (Å²) in [6.45, 7) is 0.929. The minimum Gasteiger partial charge on any atom is -0.480 e. The number of β-amino-alcohol motifs (C(OH)–C–C–N with tert-alkyl or cyclic N) is 1. The van der Waals surface area contributed by atoms with Crippen LogP contribution in [0, 0.1) is 0 Å². The Bertz CT molecular complexity index is 301. The van der Waals surface area contributed by atoms with Crippen molar-refractivity contribution in [2.24, 2.45) is 0 Å². The van der Waals surface area contributed by atoms with Crippen LogP contribution in [0.1, 0.15) is 19.3 Å². The average molecular weight is 228 g/mol. The lowest BCUT2D eigenvalue weighted by atomic mass is 10.1. The zero-order chi connectivity index (χ0) is 11.7. The van der Waals surface area contributed by atoms with Gasteiger partial charge in [-0.25, -0.2) is 4.79 Å². The maximum atomic E-state index is 12.0. The highest BCUT2D eigenvalue weighted by atomic mass is 16.4. The molecular formula is C10H16N2O4. The van der Waals surface area contributed by atoms with Gasteiger partial charge in [0.2, 0.25) is 5.91 Å². The minimum atomic E-state index is -1.04. The van der Waals surface area contributed by atoms with Gasteiger partial charge in [0.05, 0.1) is 12.1 Å². The summed E-state index contributed by atoms with van der Waals surface area (Å²) in [7, 11) is 0. The van der Waals surface area contributed by atoms with Gasteiger partial charge in [0, 0.05) is 13.0 Å². The lowest BCUT2D eigenvalue weighted by molar-refractivity contribution is -0.148. The van der Waals surface area contributed by atoms with E-state index in [0.29, 0.717) is 0 Å². The third-order valence-corrected chi connectivity index (χ3v) is 3.21. The first-order chi connectivity index (χ1) is 7.59. The van der Waals surface area contributed by atoms with Crippen LogP contribution in [0.3, 0.4) is 0 Å². The van der Waals surface area contributed by atoms with Gasteiger partial charge in [0.1, 0.15) is 6.04 Å². The molecule has 2 aliphatic rings. The molecular weight excluding hydrogens is 212 g/mol. The molecule has 3 N–H and O–H groups in total. The van der Waals surface area contributed by atoms with Crippen molar-refractivity contribution in [3.8, 4) is 0 Å². The van der Waals surface area contributed by atoms with E-state index >= 15 is 0 Å². The summed E-state index contributed by atoms with van der Waals surface area (Å²) in [5, 5.41) is 21.4. The summed E-state index contributed by atoms with van der Waals surface area (Å²) in [6, 6.07) is -1.14. The van der Waals surface area contributed by atoms with Gasteiger partial charge in [-0.2, -0.15) is 0 Å². The number of aliphatic hydroxyl groups is 1. The summed E-state index contributed by atoms with van der Waals surface area (Å²) in [5.41, 5.74) is 0. The monoisotopic (exact) mass is 228 g/mol. The van der Waals surface area contributed by atoms with Crippen molar-refractivity contribution in [2.75, 3.05) is 13.1 Å². The largest absolute Gasteiger partial charge is 0.480 e. The van der Waals surface area contributed by atoms with Gasteiger partial charge in [0.25, 0.3) is 0 Å². The van der Waals surface area contributed by atoms with E-state index in [2.05, 4.69) is 5.32 Å². The van der Waals surface area contributed by atoms with Crippen LogP contribution in [-0.4, -0.2) is 58.3 Å². The van der Waals surface area contributed by atoms with Crippen molar-refractivity contribution in [3.05, 3.63) is 0 Å². The van der Waals surface area contributed by atoms with Crippen LogP contribution in [0.2, 0.25) is 0 Å². The van der Waals surface area contributed by atoms with Crippen LogP contribution in [0.15, 0.2) is 0 Å². The topological polar surface area (TPSA) is 89.9 Å². The first kappa shape index (κ1) is 11.3. The highest BCUT2D eigenvalue weighted by Gasteiger charge is 2.41. The number of carbonyl (C=O) groups excluding carboxylic acids is 1. The van der Waals surface area contributed by atoms with Crippen LogP contribution in [0.4, 0.5) is 0 Å². The second-order valence-electron chi connectivity index (χ2n) is 4.38. The van der Waals surface area contributed by atoms with E-state index in [1.165, 1.54) is 4.90 Å². The molecule has 2 aliphatic heterocycles. The number of nitrogens with one attached hydrogen (secondary N) is 1.